The van der Waals surface area contributed by atoms with Crippen LogP contribution >= 0.6 is 34.7 Å². The lowest BCUT2D eigenvalue weighted by Crippen LogP contribution is -2.37. The van der Waals surface area contributed by atoms with Crippen molar-refractivity contribution in [1.82, 2.24) is 28.9 Å². The first-order valence-electron chi connectivity index (χ1n) is 9.06. The van der Waals surface area contributed by atoms with Crippen molar-refractivity contribution >= 4 is 56.9 Å². The number of aromatic nitrogens is 6. The molecule has 4 aromatic rings. The molecule has 0 bridgehead atoms. The van der Waals surface area contributed by atoms with Gasteiger partial charge in [0.2, 0.25) is 5.13 Å². The lowest BCUT2D eigenvalue weighted by atomic mass is 10.3. The van der Waals surface area contributed by atoms with Gasteiger partial charge in [-0.05, 0) is 36.0 Å². The number of anilines is 1. The van der Waals surface area contributed by atoms with Crippen LogP contribution in [0.25, 0.3) is 11.2 Å². The molecule has 1 N–H and O–H groups in total. The number of hydrogen-bond donors (Lipinski definition) is 1. The number of benzene rings is 1. The number of amides is 1. The van der Waals surface area contributed by atoms with Crippen molar-refractivity contribution in [1.29, 1.82) is 0 Å². The Balaban J connectivity index is 1.46. The van der Waals surface area contributed by atoms with E-state index in [2.05, 4.69) is 20.5 Å². The molecule has 1 amide bonds. The smallest absolute Gasteiger partial charge is 0.332 e. The van der Waals surface area contributed by atoms with E-state index in [0.29, 0.717) is 30.9 Å². The van der Waals surface area contributed by atoms with Crippen molar-refractivity contribution in [2.24, 2.45) is 21.1 Å². The highest BCUT2D eigenvalue weighted by molar-refractivity contribution is 8.01. The van der Waals surface area contributed by atoms with Crippen LogP contribution < -0.4 is 21.3 Å². The largest absolute Gasteiger partial charge is 0.484 e. The van der Waals surface area contributed by atoms with E-state index in [1.54, 1.807) is 42.9 Å². The Kier molecular flexibility index (Phi) is 6.04. The first-order valence-corrected chi connectivity index (χ1v) is 11.1. The summed E-state index contributed by atoms with van der Waals surface area (Å²) in [5, 5.41) is 11.9. The number of rotatable bonds is 6. The number of halogens is 1. The summed E-state index contributed by atoms with van der Waals surface area (Å²) in [4.78, 5) is 41.1. The van der Waals surface area contributed by atoms with Crippen LogP contribution in [0.1, 0.15) is 0 Å². The Morgan fingerprint density at radius 2 is 1.84 bits per heavy atom. The summed E-state index contributed by atoms with van der Waals surface area (Å²) in [6.07, 6.45) is 0. The molecule has 14 heteroatoms. The second kappa shape index (κ2) is 8.76. The van der Waals surface area contributed by atoms with E-state index in [1.807, 2.05) is 0 Å². The zero-order valence-corrected chi connectivity index (χ0v) is 19.4. The van der Waals surface area contributed by atoms with Gasteiger partial charge in [-0.2, -0.15) is 0 Å². The van der Waals surface area contributed by atoms with Crippen LogP contribution in [0, 0.1) is 0 Å². The van der Waals surface area contributed by atoms with Crippen molar-refractivity contribution in [2.75, 3.05) is 11.9 Å². The molecule has 3 heterocycles. The number of nitrogens with one attached hydrogen (secondary N) is 1. The Morgan fingerprint density at radius 1 is 1.12 bits per heavy atom. The predicted molar refractivity (Wildman–Crippen MR) is 121 cm³/mol. The van der Waals surface area contributed by atoms with Crippen molar-refractivity contribution in [3.63, 3.8) is 0 Å². The Labute approximate surface area is 193 Å². The van der Waals surface area contributed by atoms with Gasteiger partial charge < -0.3 is 9.30 Å². The molecule has 166 valence electrons. The van der Waals surface area contributed by atoms with Crippen molar-refractivity contribution in [2.45, 2.75) is 9.50 Å². The molecular weight excluding hydrogens is 478 g/mol. The molecule has 32 heavy (non-hydrogen) atoms. The molecule has 11 nitrogen and oxygen atoms in total. The molecule has 1 aromatic carbocycles. The predicted octanol–water partition coefficient (Wildman–Crippen LogP) is 1.64. The Hall–Kier alpha value is -3.16. The first-order chi connectivity index (χ1) is 15.2. The minimum atomic E-state index is -0.459. The van der Waals surface area contributed by atoms with Gasteiger partial charge in [0.15, 0.2) is 27.3 Å². The fourth-order valence-corrected chi connectivity index (χ4v) is 4.65. The van der Waals surface area contributed by atoms with Gasteiger partial charge in [-0.3, -0.25) is 24.0 Å². The molecule has 0 saturated carbocycles. The van der Waals surface area contributed by atoms with Gasteiger partial charge in [-0.15, -0.1) is 10.2 Å². The summed E-state index contributed by atoms with van der Waals surface area (Å²) in [7, 11) is 4.65. The van der Waals surface area contributed by atoms with Crippen LogP contribution in [0.2, 0.25) is 5.02 Å². The van der Waals surface area contributed by atoms with Crippen LogP contribution in [0.3, 0.4) is 0 Å². The van der Waals surface area contributed by atoms with Gasteiger partial charge >= 0.3 is 5.69 Å². The van der Waals surface area contributed by atoms with E-state index in [0.717, 1.165) is 15.9 Å². The third-order valence-corrected chi connectivity index (χ3v) is 6.64. The monoisotopic (exact) mass is 493 g/mol. The third kappa shape index (κ3) is 4.26. The number of ether oxygens (including phenoxy) is 1. The van der Waals surface area contributed by atoms with E-state index in [9.17, 15) is 14.4 Å². The topological polar surface area (TPSA) is 126 Å². The molecule has 0 radical (unpaired) electrons. The Bertz CT molecular complexity index is 1440. The van der Waals surface area contributed by atoms with E-state index < -0.39 is 17.2 Å². The summed E-state index contributed by atoms with van der Waals surface area (Å²) in [6, 6.07) is 6.65. The maximum absolute atomic E-state index is 12.5. The first kappa shape index (κ1) is 22.0. The molecule has 0 atom stereocenters. The SMILES string of the molecule is Cn1c(=O)c2c(nc(Sc3nnc(NC(=O)COc4ccc(Cl)cc4)s3)n2C)n(C)c1=O. The van der Waals surface area contributed by atoms with Gasteiger partial charge in [0.1, 0.15) is 5.75 Å². The van der Waals surface area contributed by atoms with Crippen LogP contribution in [-0.2, 0) is 25.9 Å². The molecule has 0 aliphatic rings. The molecule has 0 saturated heterocycles. The highest BCUT2D eigenvalue weighted by Crippen LogP contribution is 2.32. The molecule has 0 fully saturated rings. The van der Waals surface area contributed by atoms with Crippen molar-refractivity contribution in [3.8, 4) is 5.75 Å². The van der Waals surface area contributed by atoms with Crippen LogP contribution in [-0.4, -0.2) is 41.4 Å². The summed E-state index contributed by atoms with van der Waals surface area (Å²) < 4.78 is 9.84. The number of aryl methyl sites for hydroxylation is 2. The third-order valence-electron chi connectivity index (χ3n) is 4.45. The summed E-state index contributed by atoms with van der Waals surface area (Å²) >= 11 is 8.13. The molecule has 0 aliphatic heterocycles. The van der Waals surface area contributed by atoms with Crippen LogP contribution in [0.5, 0.6) is 5.75 Å². The normalized spacial score (nSPS) is 11.1. The number of carbonyl (C=O) groups excluding carboxylic acids is 1. The quantitative estimate of drug-likeness (QED) is 0.402. The maximum atomic E-state index is 12.5. The van der Waals surface area contributed by atoms with Crippen molar-refractivity contribution in [3.05, 3.63) is 50.1 Å². The second-order valence-corrected chi connectivity index (χ2v) is 9.23. The van der Waals surface area contributed by atoms with Gasteiger partial charge in [0.05, 0.1) is 0 Å². The lowest BCUT2D eigenvalue weighted by Gasteiger charge is -2.05. The standard InChI is InChI=1S/C18H16ClN7O4S2/c1-24-12-13(25(2)18(29)26(3)14(12)28)21-16(24)32-17-23-22-15(31-17)20-11(27)8-30-10-6-4-9(19)5-7-10/h4-7H,8H2,1-3H3,(H,20,22,27). The van der Waals surface area contributed by atoms with E-state index >= 15 is 0 Å². The highest BCUT2D eigenvalue weighted by Gasteiger charge is 2.19. The van der Waals surface area contributed by atoms with E-state index in [-0.39, 0.29) is 12.3 Å². The van der Waals surface area contributed by atoms with Gasteiger partial charge in [-0.25, -0.2) is 9.78 Å². The molecule has 0 spiro atoms. The number of nitrogens with zero attached hydrogens (tertiary/aromatic N) is 6. The zero-order chi connectivity index (χ0) is 23.0. The highest BCUT2D eigenvalue weighted by atomic mass is 35.5. The van der Waals surface area contributed by atoms with E-state index in [4.69, 9.17) is 16.3 Å². The fraction of sp³-hybridized carbons (Fsp3) is 0.222. The molecule has 4 rings (SSSR count). The van der Waals surface area contributed by atoms with E-state index in [1.165, 1.54) is 23.4 Å². The second-order valence-electron chi connectivity index (χ2n) is 6.60. The summed E-state index contributed by atoms with van der Waals surface area (Å²) in [5.41, 5.74) is -0.315. The summed E-state index contributed by atoms with van der Waals surface area (Å²) in [6.45, 7) is -0.203. The number of fused-ring (bicyclic) bond motifs is 1. The minimum Gasteiger partial charge on any atom is -0.484 e. The van der Waals surface area contributed by atoms with Crippen LogP contribution in [0.4, 0.5) is 5.13 Å². The van der Waals surface area contributed by atoms with Crippen molar-refractivity contribution < 1.29 is 9.53 Å². The average molecular weight is 494 g/mol. The number of imidazole rings is 1. The lowest BCUT2D eigenvalue weighted by molar-refractivity contribution is -0.118. The number of hydrogen-bond acceptors (Lipinski definition) is 9. The summed E-state index contributed by atoms with van der Waals surface area (Å²) in [5.74, 6) is 0.120. The molecular formula is C18H16ClN7O4S2. The molecule has 0 unspecified atom stereocenters. The van der Waals surface area contributed by atoms with Gasteiger partial charge in [-0.1, -0.05) is 22.9 Å². The Morgan fingerprint density at radius 3 is 2.56 bits per heavy atom. The minimum absolute atomic E-state index is 0.203. The number of carbonyl (C=O) groups is 1. The van der Waals surface area contributed by atoms with Gasteiger partial charge in [0, 0.05) is 26.2 Å². The van der Waals surface area contributed by atoms with Gasteiger partial charge in [0.25, 0.3) is 11.5 Å². The fourth-order valence-electron chi connectivity index (χ4n) is 2.80. The molecule has 0 aliphatic carbocycles. The average Bonchev–Trinajstić information content (AvgIpc) is 3.34. The zero-order valence-electron chi connectivity index (χ0n) is 17.0. The molecule has 3 aromatic heterocycles. The maximum Gasteiger partial charge on any atom is 0.332 e. The van der Waals surface area contributed by atoms with Crippen LogP contribution in [0.15, 0.2) is 43.4 Å².